The molecule has 1 aromatic rings. The maximum atomic E-state index is 9.19. The van der Waals surface area contributed by atoms with E-state index < -0.39 is 10.1 Å². The van der Waals surface area contributed by atoms with Gasteiger partial charge in [-0.05, 0) is 12.1 Å². The summed E-state index contributed by atoms with van der Waals surface area (Å²) in [5.41, 5.74) is 5.39. The van der Waals surface area contributed by atoms with Gasteiger partial charge in [-0.15, -0.1) is 0 Å². The third kappa shape index (κ3) is 7.32. The summed E-state index contributed by atoms with van der Waals surface area (Å²) in [6, 6.07) is 3.54. The Hall–Kier alpha value is -1.34. The highest BCUT2D eigenvalue weighted by Gasteiger charge is 1.93. The lowest BCUT2D eigenvalue weighted by molar-refractivity contribution is 0.415. The molecule has 80 valence electrons. The lowest BCUT2D eigenvalue weighted by atomic mass is 10.4. The molecule has 0 spiro atoms. The molecule has 0 aliphatic heterocycles. The van der Waals surface area contributed by atoms with Gasteiger partial charge in [0.15, 0.2) is 11.6 Å². The van der Waals surface area contributed by atoms with Crippen LogP contribution in [0.4, 0.5) is 5.82 Å². The third-order valence-electron chi connectivity index (χ3n) is 1.02. The largest absolute Gasteiger partial charge is 0.493 e. The molecule has 3 N–H and O–H groups in total. The topological polar surface area (TPSA) is 103 Å². The first-order chi connectivity index (χ1) is 6.34. The van der Waals surface area contributed by atoms with E-state index in [0.717, 1.165) is 0 Å². The average molecular weight is 220 g/mol. The van der Waals surface area contributed by atoms with Gasteiger partial charge in [0.1, 0.15) is 0 Å². The molecule has 0 atom stereocenters. The zero-order valence-electron chi connectivity index (χ0n) is 7.84. The molecule has 1 aromatic heterocycles. The average Bonchev–Trinajstić information content (AvgIpc) is 2.02. The Kier molecular flexibility index (Phi) is 4.89. The number of ether oxygens (including phenoxy) is 1. The Morgan fingerprint density at radius 3 is 2.36 bits per heavy atom. The predicted octanol–water partition coefficient (Wildman–Crippen LogP) is 0.176. The highest BCUT2D eigenvalue weighted by atomic mass is 32.2. The second kappa shape index (κ2) is 5.40. The molecule has 0 aliphatic carbocycles. The number of nitrogens with two attached hydrogens (primary N) is 1. The van der Waals surface area contributed by atoms with Crippen molar-refractivity contribution < 1.29 is 17.7 Å². The quantitative estimate of drug-likeness (QED) is 0.654. The maximum Gasteiger partial charge on any atom is 0.261 e. The van der Waals surface area contributed by atoms with Crippen molar-refractivity contribution in [2.75, 3.05) is 19.1 Å². The van der Waals surface area contributed by atoms with E-state index in [1.165, 1.54) is 0 Å². The highest BCUT2D eigenvalue weighted by Crippen LogP contribution is 2.14. The van der Waals surface area contributed by atoms with E-state index in [0.29, 0.717) is 17.8 Å². The number of hydrogen-bond donors (Lipinski definition) is 2. The van der Waals surface area contributed by atoms with E-state index in [1.54, 1.807) is 25.4 Å². The van der Waals surface area contributed by atoms with Crippen LogP contribution in [0.3, 0.4) is 0 Å². The van der Waals surface area contributed by atoms with Crippen molar-refractivity contribution in [3.63, 3.8) is 0 Å². The Morgan fingerprint density at radius 1 is 1.57 bits per heavy atom. The van der Waals surface area contributed by atoms with Crippen LogP contribution < -0.4 is 10.5 Å². The van der Waals surface area contributed by atoms with E-state index in [1.807, 2.05) is 0 Å². The van der Waals surface area contributed by atoms with Crippen LogP contribution in [0.2, 0.25) is 0 Å². The molecule has 0 aliphatic rings. The van der Waals surface area contributed by atoms with Gasteiger partial charge in [0, 0.05) is 6.20 Å². The number of nitrogen functional groups attached to an aromatic ring is 1. The molecular formula is C7H12N2O4S. The van der Waals surface area contributed by atoms with E-state index in [-0.39, 0.29) is 0 Å². The molecule has 0 bridgehead atoms. The molecule has 0 fully saturated rings. The fourth-order valence-electron chi connectivity index (χ4n) is 0.575. The molecule has 7 heteroatoms. The van der Waals surface area contributed by atoms with Crippen molar-refractivity contribution in [1.29, 1.82) is 0 Å². The van der Waals surface area contributed by atoms with Crippen molar-refractivity contribution in [3.8, 4) is 5.75 Å². The van der Waals surface area contributed by atoms with Gasteiger partial charge >= 0.3 is 0 Å². The van der Waals surface area contributed by atoms with Gasteiger partial charge in [-0.2, -0.15) is 8.42 Å². The van der Waals surface area contributed by atoms with Crippen molar-refractivity contribution in [3.05, 3.63) is 18.3 Å². The van der Waals surface area contributed by atoms with Gasteiger partial charge in [0.25, 0.3) is 10.1 Å². The number of methoxy groups -OCH3 is 1. The Balaban J connectivity index is 0.000000292. The third-order valence-corrected chi connectivity index (χ3v) is 1.02. The van der Waals surface area contributed by atoms with E-state index in [4.69, 9.17) is 15.0 Å². The smallest absolute Gasteiger partial charge is 0.261 e. The first kappa shape index (κ1) is 12.7. The minimum absolute atomic E-state index is 0.431. The summed E-state index contributed by atoms with van der Waals surface area (Å²) in [7, 11) is -2.10. The van der Waals surface area contributed by atoms with Crippen LogP contribution >= 0.6 is 0 Å². The first-order valence-corrected chi connectivity index (χ1v) is 5.36. The van der Waals surface area contributed by atoms with E-state index in [2.05, 4.69) is 4.98 Å². The molecule has 0 saturated carbocycles. The second-order valence-electron chi connectivity index (χ2n) is 2.32. The van der Waals surface area contributed by atoms with Crippen LogP contribution in [0.25, 0.3) is 0 Å². The second-order valence-corrected chi connectivity index (χ2v) is 3.79. The summed E-state index contributed by atoms with van der Waals surface area (Å²) >= 11 is 0. The van der Waals surface area contributed by atoms with Gasteiger partial charge < -0.3 is 10.5 Å². The van der Waals surface area contributed by atoms with Crippen LogP contribution in [0, 0.1) is 0 Å². The molecule has 0 saturated heterocycles. The maximum absolute atomic E-state index is 9.19. The lowest BCUT2D eigenvalue weighted by Crippen LogP contribution is -1.93. The van der Waals surface area contributed by atoms with Crippen molar-refractivity contribution >= 4 is 15.9 Å². The van der Waals surface area contributed by atoms with Crippen LogP contribution in [0.1, 0.15) is 0 Å². The van der Waals surface area contributed by atoms with Crippen LogP contribution in [0.5, 0.6) is 5.75 Å². The number of hydrogen-bond acceptors (Lipinski definition) is 5. The molecule has 6 nitrogen and oxygen atoms in total. The molecule has 1 heterocycles. The standard InChI is InChI=1S/C6H8N2O.CH4O3S/c1-9-5-3-2-4-8-6(5)7;1-5(2,3)4/h2-4H,1H3,(H2,7,8);1H3,(H,2,3,4). The van der Waals surface area contributed by atoms with Gasteiger partial charge in [0.2, 0.25) is 0 Å². The normalized spacial score (nSPS) is 9.93. The fourth-order valence-corrected chi connectivity index (χ4v) is 0.575. The summed E-state index contributed by atoms with van der Waals surface area (Å²) in [5, 5.41) is 0. The molecule has 0 radical (unpaired) electrons. The van der Waals surface area contributed by atoms with Crippen molar-refractivity contribution in [1.82, 2.24) is 4.98 Å². The SMILES string of the molecule is COc1cccnc1N.CS(=O)(=O)O. The lowest BCUT2D eigenvalue weighted by Gasteiger charge is -1.99. The summed E-state index contributed by atoms with van der Waals surface area (Å²) in [5.74, 6) is 1.05. The van der Waals surface area contributed by atoms with Crippen LogP contribution in [-0.4, -0.2) is 31.3 Å². The molecule has 0 amide bonds. The van der Waals surface area contributed by atoms with Crippen LogP contribution in [0.15, 0.2) is 18.3 Å². The van der Waals surface area contributed by atoms with Crippen molar-refractivity contribution in [2.45, 2.75) is 0 Å². The first-order valence-electron chi connectivity index (χ1n) is 3.51. The molecule has 1 rings (SSSR count). The fraction of sp³-hybridized carbons (Fsp3) is 0.286. The zero-order valence-corrected chi connectivity index (χ0v) is 8.65. The van der Waals surface area contributed by atoms with Gasteiger partial charge in [0.05, 0.1) is 13.4 Å². The number of aromatic nitrogens is 1. The zero-order chi connectivity index (χ0) is 11.2. The van der Waals surface area contributed by atoms with Crippen LogP contribution in [-0.2, 0) is 10.1 Å². The predicted molar refractivity (Wildman–Crippen MR) is 52.7 cm³/mol. The van der Waals surface area contributed by atoms with Gasteiger partial charge in [-0.1, -0.05) is 0 Å². The Morgan fingerprint density at radius 2 is 2.07 bits per heavy atom. The summed E-state index contributed by atoms with van der Waals surface area (Å²) in [6.45, 7) is 0. The summed E-state index contributed by atoms with van der Waals surface area (Å²) < 4.78 is 30.7. The number of nitrogens with zero attached hydrogens (tertiary/aromatic N) is 1. The van der Waals surface area contributed by atoms with Gasteiger partial charge in [-0.3, -0.25) is 4.55 Å². The molecule has 0 unspecified atom stereocenters. The van der Waals surface area contributed by atoms with E-state index in [9.17, 15) is 8.42 Å². The number of anilines is 1. The van der Waals surface area contributed by atoms with E-state index >= 15 is 0 Å². The molecule has 0 aromatic carbocycles. The van der Waals surface area contributed by atoms with Crippen molar-refractivity contribution in [2.24, 2.45) is 0 Å². The summed E-state index contributed by atoms with van der Waals surface area (Å²) in [6.07, 6.45) is 2.34. The monoisotopic (exact) mass is 220 g/mol. The highest BCUT2D eigenvalue weighted by molar-refractivity contribution is 7.85. The Labute approximate surface area is 82.5 Å². The molecule has 14 heavy (non-hydrogen) atoms. The van der Waals surface area contributed by atoms with Gasteiger partial charge in [-0.25, -0.2) is 4.98 Å². The molecular weight excluding hydrogens is 208 g/mol. The summed E-state index contributed by atoms with van der Waals surface area (Å²) in [4.78, 5) is 3.80. The number of rotatable bonds is 1. The number of pyridine rings is 1. The Bertz CT molecular complexity index is 369. The minimum atomic E-state index is -3.67. The minimum Gasteiger partial charge on any atom is -0.493 e.